The molecule has 3 aliphatic rings. The summed E-state index contributed by atoms with van der Waals surface area (Å²) in [6, 6.07) is 0.691. The molecule has 0 aliphatic carbocycles. The van der Waals surface area contributed by atoms with Crippen LogP contribution in [-0.2, 0) is 9.53 Å². The zero-order valence-electron chi connectivity index (χ0n) is 12.2. The van der Waals surface area contributed by atoms with E-state index in [0.717, 1.165) is 57.3 Å². The third-order valence-electron chi connectivity index (χ3n) is 4.58. The number of hydrogen-bond acceptors (Lipinski definition) is 5. The molecular formula is C14H25N3O2S. The Labute approximate surface area is 125 Å². The van der Waals surface area contributed by atoms with Gasteiger partial charge in [-0.25, -0.2) is 0 Å². The molecule has 3 heterocycles. The van der Waals surface area contributed by atoms with Crippen LogP contribution < -0.4 is 5.32 Å². The predicted molar refractivity (Wildman–Crippen MR) is 80.8 cm³/mol. The Hall–Kier alpha value is -0.300. The Balaban J connectivity index is 1.47. The van der Waals surface area contributed by atoms with Gasteiger partial charge in [0.05, 0.1) is 18.8 Å². The van der Waals surface area contributed by atoms with Crippen LogP contribution >= 0.6 is 11.8 Å². The van der Waals surface area contributed by atoms with E-state index in [1.54, 1.807) is 0 Å². The van der Waals surface area contributed by atoms with Gasteiger partial charge in [-0.15, -0.1) is 11.8 Å². The van der Waals surface area contributed by atoms with Gasteiger partial charge in [-0.1, -0.05) is 0 Å². The lowest BCUT2D eigenvalue weighted by Gasteiger charge is -2.42. The van der Waals surface area contributed by atoms with Gasteiger partial charge in [0.15, 0.2) is 0 Å². The van der Waals surface area contributed by atoms with Gasteiger partial charge in [0.25, 0.3) is 0 Å². The molecule has 0 saturated carbocycles. The van der Waals surface area contributed by atoms with Gasteiger partial charge in [0.2, 0.25) is 5.91 Å². The topological polar surface area (TPSA) is 44.8 Å². The quantitative estimate of drug-likeness (QED) is 0.798. The van der Waals surface area contributed by atoms with E-state index in [4.69, 9.17) is 4.74 Å². The summed E-state index contributed by atoms with van der Waals surface area (Å²) in [5.74, 6) is 2.15. The Bertz CT molecular complexity index is 341. The first-order chi connectivity index (χ1) is 9.74. The molecule has 1 amide bonds. The van der Waals surface area contributed by atoms with Gasteiger partial charge in [-0.2, -0.15) is 0 Å². The van der Waals surface area contributed by atoms with Crippen LogP contribution in [0.4, 0.5) is 0 Å². The highest BCUT2D eigenvalue weighted by molar-refractivity contribution is 7.99. The average molecular weight is 299 g/mol. The summed E-state index contributed by atoms with van der Waals surface area (Å²) in [5, 5.41) is 3.28. The lowest BCUT2D eigenvalue weighted by atomic mass is 10.0. The van der Waals surface area contributed by atoms with Crippen LogP contribution in [0.15, 0.2) is 0 Å². The molecule has 114 valence electrons. The van der Waals surface area contributed by atoms with Crippen LogP contribution in [0.25, 0.3) is 0 Å². The number of carbonyl (C=O) groups is 1. The van der Waals surface area contributed by atoms with Crippen molar-refractivity contribution < 1.29 is 9.53 Å². The number of piperidine rings is 1. The van der Waals surface area contributed by atoms with Crippen molar-refractivity contribution in [2.24, 2.45) is 0 Å². The number of likely N-dealkylation sites (tertiary alicyclic amines) is 1. The lowest BCUT2D eigenvalue weighted by molar-refractivity contribution is -0.134. The van der Waals surface area contributed by atoms with Gasteiger partial charge in [-0.05, 0) is 19.8 Å². The van der Waals surface area contributed by atoms with Gasteiger partial charge in [-0.3, -0.25) is 15.0 Å². The summed E-state index contributed by atoms with van der Waals surface area (Å²) >= 11 is 1.82. The molecule has 20 heavy (non-hydrogen) atoms. The fourth-order valence-electron chi connectivity index (χ4n) is 3.40. The SMILES string of the molecule is CC1CN(C2CCN(C(=O)C3CSCN3)CC2)CCO1. The molecule has 0 aromatic carbocycles. The fourth-order valence-corrected chi connectivity index (χ4v) is 4.34. The third-order valence-corrected chi connectivity index (χ3v) is 5.52. The largest absolute Gasteiger partial charge is 0.376 e. The molecule has 2 unspecified atom stereocenters. The number of thioether (sulfide) groups is 1. The van der Waals surface area contributed by atoms with Gasteiger partial charge in [0.1, 0.15) is 0 Å². The Kier molecular flexibility index (Phi) is 4.86. The molecule has 0 radical (unpaired) electrons. The van der Waals surface area contributed by atoms with Gasteiger partial charge < -0.3 is 9.64 Å². The molecule has 3 rings (SSSR count). The molecule has 1 N–H and O–H groups in total. The number of rotatable bonds is 2. The van der Waals surface area contributed by atoms with Crippen molar-refractivity contribution >= 4 is 17.7 Å². The molecular weight excluding hydrogens is 274 g/mol. The van der Waals surface area contributed by atoms with E-state index in [9.17, 15) is 4.79 Å². The first-order valence-electron chi connectivity index (χ1n) is 7.69. The minimum atomic E-state index is 0.0555. The molecule has 3 aliphatic heterocycles. The van der Waals surface area contributed by atoms with Crippen molar-refractivity contribution in [1.82, 2.24) is 15.1 Å². The predicted octanol–water partition coefficient (Wildman–Crippen LogP) is 0.361. The second-order valence-electron chi connectivity index (χ2n) is 6.00. The summed E-state index contributed by atoms with van der Waals surface area (Å²) in [5.41, 5.74) is 0. The highest BCUT2D eigenvalue weighted by Gasteiger charge is 2.32. The van der Waals surface area contributed by atoms with Crippen molar-refractivity contribution in [3.63, 3.8) is 0 Å². The third kappa shape index (κ3) is 3.30. The van der Waals surface area contributed by atoms with Crippen LogP contribution in [-0.4, -0.2) is 78.3 Å². The summed E-state index contributed by atoms with van der Waals surface area (Å²) < 4.78 is 5.61. The van der Waals surface area contributed by atoms with Crippen LogP contribution in [0.2, 0.25) is 0 Å². The first-order valence-corrected chi connectivity index (χ1v) is 8.85. The maximum absolute atomic E-state index is 12.4. The zero-order chi connectivity index (χ0) is 13.9. The average Bonchev–Trinajstić information content (AvgIpc) is 3.01. The summed E-state index contributed by atoms with van der Waals surface area (Å²) in [7, 11) is 0. The summed E-state index contributed by atoms with van der Waals surface area (Å²) in [6.07, 6.45) is 2.57. The highest BCUT2D eigenvalue weighted by atomic mass is 32.2. The van der Waals surface area contributed by atoms with E-state index < -0.39 is 0 Å². The second kappa shape index (κ2) is 6.64. The van der Waals surface area contributed by atoms with E-state index in [-0.39, 0.29) is 6.04 Å². The lowest BCUT2D eigenvalue weighted by Crippen LogP contribution is -2.54. The highest BCUT2D eigenvalue weighted by Crippen LogP contribution is 2.21. The molecule has 5 nitrogen and oxygen atoms in total. The maximum atomic E-state index is 12.4. The van der Waals surface area contributed by atoms with E-state index in [0.29, 0.717) is 18.1 Å². The smallest absolute Gasteiger partial charge is 0.240 e. The van der Waals surface area contributed by atoms with Gasteiger partial charge in [0, 0.05) is 43.9 Å². The van der Waals surface area contributed by atoms with Gasteiger partial charge >= 0.3 is 0 Å². The molecule has 3 fully saturated rings. The number of carbonyl (C=O) groups excluding carboxylic acids is 1. The van der Waals surface area contributed by atoms with E-state index >= 15 is 0 Å². The standard InChI is InChI=1S/C14H25N3O2S/c1-11-8-17(6-7-19-11)12-2-4-16(5-3-12)14(18)13-9-20-10-15-13/h11-13,15H,2-10H2,1H3. The molecule has 6 heteroatoms. The Morgan fingerprint density at radius 1 is 1.30 bits per heavy atom. The molecule has 2 atom stereocenters. The minimum absolute atomic E-state index is 0.0555. The number of nitrogens with zero attached hydrogens (tertiary/aromatic N) is 2. The second-order valence-corrected chi connectivity index (χ2v) is 7.03. The van der Waals surface area contributed by atoms with Crippen molar-refractivity contribution in [2.45, 2.75) is 38.0 Å². The molecule has 0 spiro atoms. The monoisotopic (exact) mass is 299 g/mol. The fraction of sp³-hybridized carbons (Fsp3) is 0.929. The van der Waals surface area contributed by atoms with Crippen LogP contribution in [0.3, 0.4) is 0 Å². The van der Waals surface area contributed by atoms with E-state index in [2.05, 4.69) is 22.0 Å². The van der Waals surface area contributed by atoms with Crippen LogP contribution in [0.1, 0.15) is 19.8 Å². The van der Waals surface area contributed by atoms with Crippen molar-refractivity contribution in [3.8, 4) is 0 Å². The molecule has 0 aromatic rings. The molecule has 0 aromatic heterocycles. The summed E-state index contributed by atoms with van der Waals surface area (Å²) in [4.78, 5) is 17.0. The Morgan fingerprint density at radius 2 is 2.10 bits per heavy atom. The zero-order valence-corrected chi connectivity index (χ0v) is 13.0. The molecule has 0 bridgehead atoms. The first kappa shape index (κ1) is 14.6. The minimum Gasteiger partial charge on any atom is -0.376 e. The Morgan fingerprint density at radius 3 is 2.75 bits per heavy atom. The molecule has 3 saturated heterocycles. The normalized spacial score (nSPS) is 33.5. The number of hydrogen-bond donors (Lipinski definition) is 1. The van der Waals surface area contributed by atoms with E-state index in [1.165, 1.54) is 0 Å². The number of morpholine rings is 1. The maximum Gasteiger partial charge on any atom is 0.240 e. The number of ether oxygens (including phenoxy) is 1. The van der Waals surface area contributed by atoms with Crippen LogP contribution in [0.5, 0.6) is 0 Å². The van der Waals surface area contributed by atoms with Crippen molar-refractivity contribution in [3.05, 3.63) is 0 Å². The number of amides is 1. The van der Waals surface area contributed by atoms with E-state index in [1.807, 2.05) is 11.8 Å². The van der Waals surface area contributed by atoms with Crippen molar-refractivity contribution in [1.29, 1.82) is 0 Å². The van der Waals surface area contributed by atoms with Crippen molar-refractivity contribution in [2.75, 3.05) is 44.4 Å². The summed E-state index contributed by atoms with van der Waals surface area (Å²) in [6.45, 7) is 6.91. The van der Waals surface area contributed by atoms with Crippen LogP contribution in [0, 0.1) is 0 Å². The number of nitrogens with one attached hydrogen (secondary N) is 1.